The Morgan fingerprint density at radius 3 is 2.44 bits per heavy atom. The van der Waals surface area contributed by atoms with Crippen LogP contribution in [-0.4, -0.2) is 48.9 Å². The highest BCUT2D eigenvalue weighted by Gasteiger charge is 2.30. The molecule has 1 atom stereocenters. The summed E-state index contributed by atoms with van der Waals surface area (Å²) in [6.45, 7) is 8.39. The van der Waals surface area contributed by atoms with Crippen molar-refractivity contribution >= 4 is 28.3 Å². The second-order valence-corrected chi connectivity index (χ2v) is 9.21. The first-order chi connectivity index (χ1) is 16.5. The third-order valence-electron chi connectivity index (χ3n) is 6.53. The van der Waals surface area contributed by atoms with E-state index in [9.17, 15) is 9.90 Å². The molecule has 3 aromatic rings. The van der Waals surface area contributed by atoms with Gasteiger partial charge < -0.3 is 14.6 Å². The number of hydrogen-bond acceptors (Lipinski definition) is 4. The fourth-order valence-corrected chi connectivity index (χ4v) is 4.85. The van der Waals surface area contributed by atoms with E-state index in [1.165, 1.54) is 0 Å². The summed E-state index contributed by atoms with van der Waals surface area (Å²) in [6, 6.07) is 15.9. The number of aliphatic carboxylic acids is 1. The van der Waals surface area contributed by atoms with E-state index in [0.29, 0.717) is 24.8 Å². The lowest BCUT2D eigenvalue weighted by Gasteiger charge is -2.30. The lowest BCUT2D eigenvalue weighted by Crippen LogP contribution is -2.36. The maximum absolute atomic E-state index is 12.5. The molecule has 0 aliphatic carbocycles. The quantitative estimate of drug-likeness (QED) is 0.366. The van der Waals surface area contributed by atoms with E-state index in [4.69, 9.17) is 21.1 Å². The average Bonchev–Trinajstić information content (AvgIpc) is 2.85. The molecule has 0 spiro atoms. The summed E-state index contributed by atoms with van der Waals surface area (Å²) < 4.78 is 11.6. The van der Waals surface area contributed by atoms with Gasteiger partial charge in [-0.15, -0.1) is 0 Å². The second kappa shape index (κ2) is 11.3. The SMILES string of the molecule is CCCCOC(C(=O)O)c1c(C)c(CN2CCOCC2)c2ccccc2c1-c1ccc(Cl)cc1. The first-order valence-corrected chi connectivity index (χ1v) is 12.3. The van der Waals surface area contributed by atoms with Crippen molar-refractivity contribution in [3.05, 3.63) is 70.2 Å². The topological polar surface area (TPSA) is 59.0 Å². The zero-order valence-corrected chi connectivity index (χ0v) is 20.6. The highest BCUT2D eigenvalue weighted by Crippen LogP contribution is 2.42. The van der Waals surface area contributed by atoms with Gasteiger partial charge in [-0.25, -0.2) is 4.79 Å². The zero-order valence-electron chi connectivity index (χ0n) is 19.9. The highest BCUT2D eigenvalue weighted by molar-refractivity contribution is 6.30. The summed E-state index contributed by atoms with van der Waals surface area (Å²) >= 11 is 6.19. The Morgan fingerprint density at radius 2 is 1.79 bits per heavy atom. The van der Waals surface area contributed by atoms with Gasteiger partial charge in [0.2, 0.25) is 0 Å². The van der Waals surface area contributed by atoms with Gasteiger partial charge in [-0.05, 0) is 58.5 Å². The molecule has 0 aromatic heterocycles. The number of carboxylic acid groups (broad SMARTS) is 1. The van der Waals surface area contributed by atoms with E-state index < -0.39 is 12.1 Å². The van der Waals surface area contributed by atoms with Crippen LogP contribution in [0, 0.1) is 6.92 Å². The number of halogens is 1. The smallest absolute Gasteiger partial charge is 0.337 e. The molecule has 1 unspecified atom stereocenters. The maximum atomic E-state index is 12.5. The Kier molecular flexibility index (Phi) is 8.22. The Morgan fingerprint density at radius 1 is 1.12 bits per heavy atom. The van der Waals surface area contributed by atoms with Gasteiger partial charge in [-0.1, -0.05) is 61.3 Å². The minimum atomic E-state index is -1.05. The zero-order chi connectivity index (χ0) is 24.1. The second-order valence-electron chi connectivity index (χ2n) is 8.78. The van der Waals surface area contributed by atoms with Crippen LogP contribution in [0.5, 0.6) is 0 Å². The van der Waals surface area contributed by atoms with Crippen molar-refractivity contribution in [3.8, 4) is 11.1 Å². The normalized spacial score (nSPS) is 15.5. The molecular weight excluding hydrogens is 450 g/mol. The van der Waals surface area contributed by atoms with Crippen molar-refractivity contribution in [2.45, 2.75) is 39.3 Å². The lowest BCUT2D eigenvalue weighted by molar-refractivity contribution is -0.151. The summed E-state index contributed by atoms with van der Waals surface area (Å²) in [5.41, 5.74) is 4.68. The van der Waals surface area contributed by atoms with Crippen LogP contribution in [0.4, 0.5) is 0 Å². The molecule has 34 heavy (non-hydrogen) atoms. The summed E-state index contributed by atoms with van der Waals surface area (Å²) in [4.78, 5) is 14.9. The van der Waals surface area contributed by atoms with Crippen molar-refractivity contribution in [1.82, 2.24) is 4.90 Å². The van der Waals surface area contributed by atoms with Gasteiger partial charge >= 0.3 is 5.97 Å². The van der Waals surface area contributed by atoms with Gasteiger partial charge in [0.1, 0.15) is 0 Å². The number of rotatable bonds is 9. The molecule has 5 nitrogen and oxygen atoms in total. The summed E-state index contributed by atoms with van der Waals surface area (Å²) in [5, 5.41) is 13.1. The largest absolute Gasteiger partial charge is 0.479 e. The van der Waals surface area contributed by atoms with E-state index in [-0.39, 0.29) is 0 Å². The Labute approximate surface area is 206 Å². The maximum Gasteiger partial charge on any atom is 0.337 e. The van der Waals surface area contributed by atoms with Gasteiger partial charge in [0.15, 0.2) is 6.10 Å². The van der Waals surface area contributed by atoms with Crippen molar-refractivity contribution in [1.29, 1.82) is 0 Å². The Bertz CT molecular complexity index is 1140. The number of nitrogens with zero attached hydrogens (tertiary/aromatic N) is 1. The fourth-order valence-electron chi connectivity index (χ4n) is 4.73. The van der Waals surface area contributed by atoms with Crippen LogP contribution in [-0.2, 0) is 20.8 Å². The number of fused-ring (bicyclic) bond motifs is 1. The Balaban J connectivity index is 1.96. The van der Waals surface area contributed by atoms with Crippen molar-refractivity contribution < 1.29 is 19.4 Å². The summed E-state index contributed by atoms with van der Waals surface area (Å²) in [6.07, 6.45) is 0.702. The fraction of sp³-hybridized carbons (Fsp3) is 0.393. The van der Waals surface area contributed by atoms with Crippen molar-refractivity contribution in [2.24, 2.45) is 0 Å². The number of morpholine rings is 1. The van der Waals surface area contributed by atoms with Gasteiger partial charge in [-0.3, -0.25) is 4.90 Å². The monoisotopic (exact) mass is 481 g/mol. The van der Waals surface area contributed by atoms with E-state index in [1.54, 1.807) is 0 Å². The number of unbranched alkanes of at least 4 members (excludes halogenated alkanes) is 1. The average molecular weight is 482 g/mol. The highest BCUT2D eigenvalue weighted by atomic mass is 35.5. The summed E-state index contributed by atoms with van der Waals surface area (Å²) in [5.74, 6) is -0.970. The number of hydrogen-bond donors (Lipinski definition) is 1. The summed E-state index contributed by atoms with van der Waals surface area (Å²) in [7, 11) is 0. The molecular formula is C28H32ClNO4. The van der Waals surface area contributed by atoms with Crippen LogP contribution in [0.2, 0.25) is 5.02 Å². The van der Waals surface area contributed by atoms with Gasteiger partial charge in [-0.2, -0.15) is 0 Å². The molecule has 6 heteroatoms. The van der Waals surface area contributed by atoms with Gasteiger partial charge in [0, 0.05) is 36.8 Å². The number of benzene rings is 3. The third-order valence-corrected chi connectivity index (χ3v) is 6.79. The van der Waals surface area contributed by atoms with Gasteiger partial charge in [0.25, 0.3) is 0 Å². The molecule has 0 radical (unpaired) electrons. The van der Waals surface area contributed by atoms with E-state index in [0.717, 1.165) is 71.1 Å². The molecule has 0 saturated carbocycles. The van der Waals surface area contributed by atoms with Crippen LogP contribution in [0.25, 0.3) is 21.9 Å². The molecule has 1 N–H and O–H groups in total. The predicted octanol–water partition coefficient (Wildman–Crippen LogP) is 6.24. The molecule has 3 aromatic carbocycles. The molecule has 1 fully saturated rings. The first kappa shape index (κ1) is 24.7. The predicted molar refractivity (Wildman–Crippen MR) is 136 cm³/mol. The van der Waals surface area contributed by atoms with Crippen LogP contribution >= 0.6 is 11.6 Å². The minimum absolute atomic E-state index is 0.401. The molecule has 1 saturated heterocycles. The molecule has 4 rings (SSSR count). The van der Waals surface area contributed by atoms with Crippen molar-refractivity contribution in [2.75, 3.05) is 32.9 Å². The number of carboxylic acids is 1. The molecule has 0 amide bonds. The third kappa shape index (κ3) is 5.28. The molecule has 1 heterocycles. The number of ether oxygens (including phenoxy) is 2. The minimum Gasteiger partial charge on any atom is -0.479 e. The van der Waals surface area contributed by atoms with Crippen LogP contribution < -0.4 is 0 Å². The van der Waals surface area contributed by atoms with Gasteiger partial charge in [0.05, 0.1) is 13.2 Å². The standard InChI is InChI=1S/C28H32ClNO4/c1-3-4-15-34-27(28(31)32)25-19(2)24(18-30-13-16-33-17-14-30)22-7-5-6-8-23(22)26(25)20-9-11-21(29)12-10-20/h5-12,27H,3-4,13-18H2,1-2H3,(H,31,32). The Hall–Kier alpha value is -2.44. The lowest BCUT2D eigenvalue weighted by atomic mass is 9.84. The molecule has 0 bridgehead atoms. The van der Waals surface area contributed by atoms with Crippen LogP contribution in [0.1, 0.15) is 42.6 Å². The molecule has 1 aliphatic rings. The molecule has 180 valence electrons. The van der Waals surface area contributed by atoms with E-state index in [1.807, 2.05) is 43.3 Å². The van der Waals surface area contributed by atoms with E-state index in [2.05, 4.69) is 24.0 Å². The van der Waals surface area contributed by atoms with Crippen LogP contribution in [0.15, 0.2) is 48.5 Å². The van der Waals surface area contributed by atoms with Crippen molar-refractivity contribution in [3.63, 3.8) is 0 Å². The van der Waals surface area contributed by atoms with E-state index >= 15 is 0 Å². The first-order valence-electron chi connectivity index (χ1n) is 12.0. The number of carbonyl (C=O) groups is 1. The molecule has 1 aliphatic heterocycles. The van der Waals surface area contributed by atoms with Crippen LogP contribution in [0.3, 0.4) is 0 Å².